The molecule has 0 bridgehead atoms. The molecule has 0 saturated heterocycles. The summed E-state index contributed by atoms with van der Waals surface area (Å²) in [6, 6.07) is 10.9. The number of hydrogen-bond acceptors (Lipinski definition) is 3. The number of benzene rings is 1. The molecule has 0 radical (unpaired) electrons. The molecule has 0 aliphatic carbocycles. The molecule has 7 heteroatoms. The third-order valence-electron chi connectivity index (χ3n) is 2.05. The van der Waals surface area contributed by atoms with Crippen molar-refractivity contribution >= 4 is 34.8 Å². The van der Waals surface area contributed by atoms with Crippen LogP contribution in [0.25, 0.3) is 5.69 Å². The Morgan fingerprint density at radius 3 is 2.35 bits per heavy atom. The highest BCUT2D eigenvalue weighted by Crippen LogP contribution is 2.40. The fourth-order valence-corrected chi connectivity index (χ4v) is 1.87. The van der Waals surface area contributed by atoms with Crippen LogP contribution >= 0.6 is 34.8 Å². The fraction of sp³-hybridized carbons (Fsp3) is 0.100. The minimum absolute atomic E-state index is 0.00569. The van der Waals surface area contributed by atoms with Gasteiger partial charge >= 0.3 is 0 Å². The van der Waals surface area contributed by atoms with Crippen LogP contribution in [-0.2, 0) is 3.79 Å². The van der Waals surface area contributed by atoms with Crippen LogP contribution in [-0.4, -0.2) is 15.0 Å². The molecule has 0 N–H and O–H groups in total. The van der Waals surface area contributed by atoms with Crippen LogP contribution in [0.15, 0.2) is 30.3 Å². The number of nitrogens with zero attached hydrogens (tertiary/aromatic N) is 4. The molecule has 0 unspecified atom stereocenters. The number of para-hydroxylation sites is 1. The van der Waals surface area contributed by atoms with Gasteiger partial charge in [-0.2, -0.15) is 5.26 Å². The van der Waals surface area contributed by atoms with Crippen molar-refractivity contribution in [3.63, 3.8) is 0 Å². The number of nitriles is 1. The monoisotopic (exact) mass is 286 g/mol. The molecule has 1 heterocycles. The Balaban J connectivity index is 2.65. The van der Waals surface area contributed by atoms with Gasteiger partial charge in [-0.05, 0) is 12.1 Å². The SMILES string of the molecule is N#Cc1nnn(-c2ccccc2)c1C(Cl)(Cl)Cl. The standard InChI is InChI=1S/C10H5Cl3N4/c11-10(12,13)9-8(6-14)15-16-17(9)7-4-2-1-3-5-7/h1-5H. The van der Waals surface area contributed by atoms with E-state index in [0.717, 1.165) is 0 Å². The summed E-state index contributed by atoms with van der Waals surface area (Å²) in [4.78, 5) is 0. The summed E-state index contributed by atoms with van der Waals surface area (Å²) in [7, 11) is 0. The lowest BCUT2D eigenvalue weighted by Gasteiger charge is -2.12. The van der Waals surface area contributed by atoms with Crippen molar-refractivity contribution in [3.8, 4) is 11.8 Å². The number of aromatic nitrogens is 3. The third-order valence-corrected chi connectivity index (χ3v) is 2.58. The molecular formula is C10H5Cl3N4. The average Bonchev–Trinajstić information content (AvgIpc) is 2.73. The van der Waals surface area contributed by atoms with Crippen molar-refractivity contribution in [3.05, 3.63) is 41.7 Å². The predicted octanol–water partition coefficient (Wildman–Crippen LogP) is 2.97. The molecule has 0 atom stereocenters. The normalized spacial score (nSPS) is 11.2. The van der Waals surface area contributed by atoms with Crippen molar-refractivity contribution in [2.45, 2.75) is 3.79 Å². The fourth-order valence-electron chi connectivity index (χ4n) is 1.36. The summed E-state index contributed by atoms with van der Waals surface area (Å²) in [5.41, 5.74) is 0.799. The second-order valence-corrected chi connectivity index (χ2v) is 5.42. The zero-order valence-electron chi connectivity index (χ0n) is 8.31. The topological polar surface area (TPSA) is 54.5 Å². The number of hydrogen-bond donors (Lipinski definition) is 0. The Morgan fingerprint density at radius 2 is 1.82 bits per heavy atom. The maximum Gasteiger partial charge on any atom is 0.235 e. The maximum absolute atomic E-state index is 8.90. The van der Waals surface area contributed by atoms with E-state index in [1.165, 1.54) is 4.68 Å². The number of rotatable bonds is 1. The molecule has 4 nitrogen and oxygen atoms in total. The van der Waals surface area contributed by atoms with Gasteiger partial charge in [0, 0.05) is 0 Å². The highest BCUT2D eigenvalue weighted by Gasteiger charge is 2.33. The van der Waals surface area contributed by atoms with Gasteiger partial charge in [0.15, 0.2) is 5.69 Å². The lowest BCUT2D eigenvalue weighted by molar-refractivity contribution is 0.771. The Kier molecular flexibility index (Phi) is 3.25. The van der Waals surface area contributed by atoms with Crippen LogP contribution in [0.5, 0.6) is 0 Å². The average molecular weight is 288 g/mol. The first-order chi connectivity index (χ1) is 8.04. The van der Waals surface area contributed by atoms with Crippen LogP contribution in [0.4, 0.5) is 0 Å². The molecule has 0 amide bonds. The van der Waals surface area contributed by atoms with E-state index in [4.69, 9.17) is 40.1 Å². The van der Waals surface area contributed by atoms with Gasteiger partial charge in [0.2, 0.25) is 3.79 Å². The molecule has 2 rings (SSSR count). The lowest BCUT2D eigenvalue weighted by atomic mass is 10.3. The second kappa shape index (κ2) is 4.53. The largest absolute Gasteiger partial charge is 0.235 e. The van der Waals surface area contributed by atoms with E-state index >= 15 is 0 Å². The van der Waals surface area contributed by atoms with E-state index in [2.05, 4.69) is 10.3 Å². The molecule has 1 aromatic carbocycles. The first-order valence-corrected chi connectivity index (χ1v) is 5.66. The quantitative estimate of drug-likeness (QED) is 0.758. The van der Waals surface area contributed by atoms with E-state index in [-0.39, 0.29) is 11.4 Å². The molecule has 0 spiro atoms. The van der Waals surface area contributed by atoms with Crippen molar-refractivity contribution < 1.29 is 0 Å². The molecule has 17 heavy (non-hydrogen) atoms. The Labute approximate surface area is 112 Å². The van der Waals surface area contributed by atoms with E-state index in [1.807, 2.05) is 24.3 Å². The summed E-state index contributed by atoms with van der Waals surface area (Å²) < 4.78 is -0.421. The van der Waals surface area contributed by atoms with E-state index in [9.17, 15) is 0 Å². The highest BCUT2D eigenvalue weighted by molar-refractivity contribution is 6.66. The second-order valence-electron chi connectivity index (χ2n) is 3.14. The zero-order valence-corrected chi connectivity index (χ0v) is 10.6. The van der Waals surface area contributed by atoms with Gasteiger partial charge in [0.25, 0.3) is 0 Å². The van der Waals surface area contributed by atoms with Gasteiger partial charge in [-0.25, -0.2) is 4.68 Å². The van der Waals surface area contributed by atoms with Crippen LogP contribution in [0, 0.1) is 11.3 Å². The first-order valence-electron chi connectivity index (χ1n) is 4.52. The van der Waals surface area contributed by atoms with E-state index < -0.39 is 3.79 Å². The van der Waals surface area contributed by atoms with Gasteiger partial charge in [-0.15, -0.1) is 5.10 Å². The molecule has 0 aliphatic rings. The lowest BCUT2D eigenvalue weighted by Crippen LogP contribution is -2.11. The van der Waals surface area contributed by atoms with E-state index in [1.54, 1.807) is 12.1 Å². The van der Waals surface area contributed by atoms with Crippen molar-refractivity contribution in [1.29, 1.82) is 5.26 Å². The molecule has 1 aromatic heterocycles. The summed E-state index contributed by atoms with van der Waals surface area (Å²) in [6.07, 6.45) is 0. The minimum atomic E-state index is -1.76. The molecule has 86 valence electrons. The van der Waals surface area contributed by atoms with Crippen LogP contribution < -0.4 is 0 Å². The first kappa shape index (κ1) is 12.2. The smallest absolute Gasteiger partial charge is 0.212 e. The van der Waals surface area contributed by atoms with Crippen LogP contribution in [0.3, 0.4) is 0 Å². The Morgan fingerprint density at radius 1 is 1.18 bits per heavy atom. The van der Waals surface area contributed by atoms with Gasteiger partial charge in [0.1, 0.15) is 11.8 Å². The van der Waals surface area contributed by atoms with Gasteiger partial charge in [-0.3, -0.25) is 0 Å². The zero-order chi connectivity index (χ0) is 12.5. The minimum Gasteiger partial charge on any atom is -0.212 e. The van der Waals surface area contributed by atoms with Crippen molar-refractivity contribution in [1.82, 2.24) is 15.0 Å². The molecule has 0 aliphatic heterocycles. The molecular weight excluding hydrogens is 282 g/mol. The maximum atomic E-state index is 8.90. The highest BCUT2D eigenvalue weighted by atomic mass is 35.6. The predicted molar refractivity (Wildman–Crippen MR) is 65.3 cm³/mol. The van der Waals surface area contributed by atoms with Crippen LogP contribution in [0.1, 0.15) is 11.4 Å². The Bertz CT molecular complexity index is 565. The molecule has 0 saturated carbocycles. The molecule has 0 fully saturated rings. The Hall–Kier alpha value is -1.28. The number of halogens is 3. The summed E-state index contributed by atoms with van der Waals surface area (Å²) >= 11 is 17.5. The van der Waals surface area contributed by atoms with Crippen molar-refractivity contribution in [2.24, 2.45) is 0 Å². The third kappa shape index (κ3) is 2.37. The summed E-state index contributed by atoms with van der Waals surface area (Å²) in [5, 5.41) is 16.4. The van der Waals surface area contributed by atoms with E-state index in [0.29, 0.717) is 5.69 Å². The van der Waals surface area contributed by atoms with Crippen LogP contribution in [0.2, 0.25) is 0 Å². The van der Waals surface area contributed by atoms with Gasteiger partial charge in [-0.1, -0.05) is 58.2 Å². The van der Waals surface area contributed by atoms with Gasteiger partial charge < -0.3 is 0 Å². The molecule has 2 aromatic rings. The summed E-state index contributed by atoms with van der Waals surface area (Å²) in [6.45, 7) is 0. The summed E-state index contributed by atoms with van der Waals surface area (Å²) in [5.74, 6) is 0. The number of alkyl halides is 3. The van der Waals surface area contributed by atoms with Crippen molar-refractivity contribution in [2.75, 3.05) is 0 Å². The van der Waals surface area contributed by atoms with Gasteiger partial charge in [0.05, 0.1) is 5.69 Å².